The predicted octanol–water partition coefficient (Wildman–Crippen LogP) is 4.59. The van der Waals surface area contributed by atoms with Crippen LogP contribution in [-0.4, -0.2) is 5.16 Å². The maximum atomic E-state index is 6.01. The largest absolute Gasteiger partial charge is 0.367 e. The monoisotopic (exact) mass is 320 g/mol. The first-order valence-corrected chi connectivity index (χ1v) is 7.47. The number of hydrogen-bond donors (Lipinski definition) is 1. The van der Waals surface area contributed by atoms with Gasteiger partial charge in [0.2, 0.25) is 5.88 Å². The average Bonchev–Trinajstić information content (AvgIpc) is 2.96. The minimum absolute atomic E-state index is 0.418. The molecule has 2 unspecified atom stereocenters. The molecule has 0 aliphatic heterocycles. The summed E-state index contributed by atoms with van der Waals surface area (Å²) < 4.78 is 6.30. The Bertz CT molecular complexity index is 594. The van der Waals surface area contributed by atoms with Crippen LogP contribution in [0.4, 0.5) is 5.88 Å². The first-order chi connectivity index (χ1) is 9.18. The number of nitrogens with two attached hydrogens (primary N) is 1. The quantitative estimate of drug-likeness (QED) is 0.880. The third kappa shape index (κ3) is 2.18. The molecule has 0 bridgehead atoms. The van der Waals surface area contributed by atoms with E-state index in [-0.39, 0.29) is 0 Å². The van der Waals surface area contributed by atoms with E-state index in [2.05, 4.69) is 34.1 Å². The van der Waals surface area contributed by atoms with E-state index in [1.165, 1.54) is 19.3 Å². The molecule has 2 atom stereocenters. The smallest absolute Gasteiger partial charge is 0.230 e. The lowest BCUT2D eigenvalue weighted by Crippen LogP contribution is -2.04. The van der Waals surface area contributed by atoms with Gasteiger partial charge in [0, 0.05) is 16.0 Å². The Morgan fingerprint density at radius 1 is 1.32 bits per heavy atom. The number of nitrogen functional groups attached to an aromatic ring is 1. The maximum absolute atomic E-state index is 6.01. The molecule has 0 radical (unpaired) electrons. The van der Waals surface area contributed by atoms with E-state index in [0.29, 0.717) is 17.7 Å². The fourth-order valence-electron chi connectivity index (χ4n) is 3.06. The highest BCUT2D eigenvalue weighted by atomic mass is 79.9. The van der Waals surface area contributed by atoms with E-state index in [4.69, 9.17) is 10.3 Å². The Balaban J connectivity index is 2.11. The molecule has 2 N–H and O–H groups in total. The van der Waals surface area contributed by atoms with Gasteiger partial charge in [-0.3, -0.25) is 0 Å². The van der Waals surface area contributed by atoms with Crippen LogP contribution < -0.4 is 5.73 Å². The lowest BCUT2D eigenvalue weighted by molar-refractivity contribution is 0.407. The summed E-state index contributed by atoms with van der Waals surface area (Å²) in [7, 11) is 0. The molecule has 2 aromatic rings. The van der Waals surface area contributed by atoms with Crippen molar-refractivity contribution in [2.24, 2.45) is 5.92 Å². The Hall–Kier alpha value is -1.29. The van der Waals surface area contributed by atoms with E-state index in [1.54, 1.807) is 0 Å². The lowest BCUT2D eigenvalue weighted by Gasteiger charge is -2.14. The molecular formula is C15H17BrN2O. The summed E-state index contributed by atoms with van der Waals surface area (Å²) in [5.74, 6) is 1.52. The van der Waals surface area contributed by atoms with Gasteiger partial charge in [-0.2, -0.15) is 0 Å². The minimum atomic E-state index is 0.418. The number of anilines is 1. The van der Waals surface area contributed by atoms with E-state index in [1.807, 2.05) is 18.2 Å². The molecule has 0 amide bonds. The number of halogens is 1. The molecule has 19 heavy (non-hydrogen) atoms. The van der Waals surface area contributed by atoms with Gasteiger partial charge >= 0.3 is 0 Å². The molecule has 1 aliphatic carbocycles. The van der Waals surface area contributed by atoms with Crippen LogP contribution in [0.3, 0.4) is 0 Å². The van der Waals surface area contributed by atoms with Crippen LogP contribution >= 0.6 is 15.9 Å². The van der Waals surface area contributed by atoms with Crippen LogP contribution in [0.5, 0.6) is 0 Å². The van der Waals surface area contributed by atoms with Crippen molar-refractivity contribution in [3.8, 4) is 11.1 Å². The molecule has 1 saturated carbocycles. The number of benzene rings is 1. The van der Waals surface area contributed by atoms with Gasteiger partial charge in [-0.25, -0.2) is 0 Å². The van der Waals surface area contributed by atoms with Gasteiger partial charge in [-0.1, -0.05) is 59.1 Å². The summed E-state index contributed by atoms with van der Waals surface area (Å²) in [6.07, 6.45) is 3.69. The molecule has 1 fully saturated rings. The van der Waals surface area contributed by atoms with Gasteiger partial charge < -0.3 is 10.3 Å². The standard InChI is InChI=1S/C15H17BrN2O/c1-9-5-4-7-10(9)14-13(15(17)19-18-14)11-6-2-3-8-12(11)16/h2-3,6,8-10H,4-5,7,17H2,1H3. The summed E-state index contributed by atoms with van der Waals surface area (Å²) in [5.41, 5.74) is 9.06. The Morgan fingerprint density at radius 2 is 2.11 bits per heavy atom. The van der Waals surface area contributed by atoms with Crippen molar-refractivity contribution >= 4 is 21.8 Å². The number of nitrogens with zero attached hydrogens (tertiary/aromatic N) is 1. The second-order valence-corrected chi connectivity index (χ2v) is 6.16. The minimum Gasteiger partial charge on any atom is -0.367 e. The highest BCUT2D eigenvalue weighted by Gasteiger charge is 2.31. The zero-order valence-corrected chi connectivity index (χ0v) is 12.5. The van der Waals surface area contributed by atoms with Crippen molar-refractivity contribution in [3.05, 3.63) is 34.4 Å². The highest BCUT2D eigenvalue weighted by molar-refractivity contribution is 9.10. The zero-order valence-electron chi connectivity index (χ0n) is 10.9. The molecule has 0 saturated heterocycles. The van der Waals surface area contributed by atoms with E-state index in [0.717, 1.165) is 21.3 Å². The van der Waals surface area contributed by atoms with Crippen molar-refractivity contribution in [2.75, 3.05) is 5.73 Å². The van der Waals surface area contributed by atoms with E-state index >= 15 is 0 Å². The first kappa shape index (κ1) is 12.7. The Labute approximate surface area is 121 Å². The Morgan fingerprint density at radius 3 is 2.79 bits per heavy atom. The topological polar surface area (TPSA) is 52.0 Å². The molecule has 0 spiro atoms. The summed E-state index contributed by atoms with van der Waals surface area (Å²) in [5, 5.41) is 4.24. The van der Waals surface area contributed by atoms with Crippen LogP contribution in [-0.2, 0) is 0 Å². The van der Waals surface area contributed by atoms with Gasteiger partial charge in [0.1, 0.15) is 0 Å². The second kappa shape index (κ2) is 5.00. The normalized spacial score (nSPS) is 22.8. The third-order valence-corrected chi connectivity index (χ3v) is 4.79. The number of rotatable bonds is 2. The predicted molar refractivity (Wildman–Crippen MR) is 79.8 cm³/mol. The summed E-state index contributed by atoms with van der Waals surface area (Å²) in [4.78, 5) is 0. The molecule has 1 aliphatic rings. The Kier molecular flexibility index (Phi) is 3.35. The van der Waals surface area contributed by atoms with E-state index < -0.39 is 0 Å². The molecule has 1 aromatic heterocycles. The molecule has 1 heterocycles. The van der Waals surface area contributed by atoms with Gasteiger partial charge in [0.05, 0.1) is 11.3 Å². The van der Waals surface area contributed by atoms with Crippen molar-refractivity contribution in [2.45, 2.75) is 32.1 Å². The second-order valence-electron chi connectivity index (χ2n) is 5.30. The fourth-order valence-corrected chi connectivity index (χ4v) is 3.54. The summed E-state index contributed by atoms with van der Waals surface area (Å²) in [6.45, 7) is 2.28. The van der Waals surface area contributed by atoms with Crippen LogP contribution in [0.1, 0.15) is 37.8 Å². The molecule has 100 valence electrons. The first-order valence-electron chi connectivity index (χ1n) is 6.68. The molecule has 3 nitrogen and oxygen atoms in total. The van der Waals surface area contributed by atoms with Gasteiger partial charge in [0.25, 0.3) is 0 Å². The third-order valence-electron chi connectivity index (χ3n) is 4.10. The maximum Gasteiger partial charge on any atom is 0.230 e. The molecule has 3 rings (SSSR count). The van der Waals surface area contributed by atoms with Crippen molar-refractivity contribution in [1.82, 2.24) is 5.16 Å². The highest BCUT2D eigenvalue weighted by Crippen LogP contribution is 2.45. The van der Waals surface area contributed by atoms with E-state index in [9.17, 15) is 0 Å². The summed E-state index contributed by atoms with van der Waals surface area (Å²) >= 11 is 3.58. The van der Waals surface area contributed by atoms with Crippen LogP contribution in [0.25, 0.3) is 11.1 Å². The SMILES string of the molecule is CC1CCCC1c1noc(N)c1-c1ccccc1Br. The van der Waals surface area contributed by atoms with Crippen LogP contribution in [0.15, 0.2) is 33.3 Å². The van der Waals surface area contributed by atoms with Crippen molar-refractivity contribution < 1.29 is 4.52 Å². The van der Waals surface area contributed by atoms with Crippen molar-refractivity contribution in [1.29, 1.82) is 0 Å². The van der Waals surface area contributed by atoms with Crippen LogP contribution in [0, 0.1) is 5.92 Å². The summed E-state index contributed by atoms with van der Waals surface area (Å²) in [6, 6.07) is 8.07. The van der Waals surface area contributed by atoms with Crippen molar-refractivity contribution in [3.63, 3.8) is 0 Å². The number of aromatic nitrogens is 1. The fraction of sp³-hybridized carbons (Fsp3) is 0.400. The molecule has 1 aromatic carbocycles. The van der Waals surface area contributed by atoms with Gasteiger partial charge in [-0.15, -0.1) is 0 Å². The number of hydrogen-bond acceptors (Lipinski definition) is 3. The molecule has 4 heteroatoms. The van der Waals surface area contributed by atoms with Gasteiger partial charge in [0.15, 0.2) is 0 Å². The van der Waals surface area contributed by atoms with Crippen LogP contribution in [0.2, 0.25) is 0 Å². The van der Waals surface area contributed by atoms with Gasteiger partial charge in [-0.05, 0) is 18.4 Å². The zero-order chi connectivity index (χ0) is 13.4. The lowest BCUT2D eigenvalue weighted by atomic mass is 9.90. The molecular weight excluding hydrogens is 304 g/mol. The average molecular weight is 321 g/mol.